The Hall–Kier alpha value is -1.29. The number of carbonyl (C=O) groups is 1. The first-order valence-electron chi connectivity index (χ1n) is 5.65. The molecule has 0 saturated heterocycles. The SMILES string of the molecule is COc1cnccc1C(=O)NC1CCCC1Cl. The van der Waals surface area contributed by atoms with Crippen molar-refractivity contribution in [3.05, 3.63) is 24.0 Å². The van der Waals surface area contributed by atoms with Crippen molar-refractivity contribution in [2.45, 2.75) is 30.7 Å². The number of halogens is 1. The Bertz CT molecular complexity index is 411. The van der Waals surface area contributed by atoms with Gasteiger partial charge in [-0.15, -0.1) is 11.6 Å². The molecule has 1 N–H and O–H groups in total. The van der Waals surface area contributed by atoms with Gasteiger partial charge in [-0.25, -0.2) is 0 Å². The van der Waals surface area contributed by atoms with E-state index in [1.807, 2.05) is 0 Å². The van der Waals surface area contributed by atoms with E-state index in [0.29, 0.717) is 11.3 Å². The molecule has 1 amide bonds. The number of amides is 1. The fourth-order valence-corrected chi connectivity index (χ4v) is 2.40. The second-order valence-electron chi connectivity index (χ2n) is 4.10. The van der Waals surface area contributed by atoms with E-state index in [9.17, 15) is 4.79 Å². The third-order valence-electron chi connectivity index (χ3n) is 3.00. The lowest BCUT2D eigenvalue weighted by Crippen LogP contribution is -2.38. The van der Waals surface area contributed by atoms with Crippen LogP contribution >= 0.6 is 11.6 Å². The number of alkyl halides is 1. The van der Waals surface area contributed by atoms with Gasteiger partial charge < -0.3 is 10.1 Å². The lowest BCUT2D eigenvalue weighted by Gasteiger charge is -2.16. The van der Waals surface area contributed by atoms with E-state index in [0.717, 1.165) is 19.3 Å². The van der Waals surface area contributed by atoms with Crippen LogP contribution in [-0.2, 0) is 0 Å². The van der Waals surface area contributed by atoms with Crippen molar-refractivity contribution >= 4 is 17.5 Å². The number of nitrogens with zero attached hydrogens (tertiary/aromatic N) is 1. The van der Waals surface area contributed by atoms with Gasteiger partial charge in [0.15, 0.2) is 0 Å². The van der Waals surface area contributed by atoms with Crippen LogP contribution in [0.15, 0.2) is 18.5 Å². The van der Waals surface area contributed by atoms with Crippen LogP contribution in [0.5, 0.6) is 5.75 Å². The summed E-state index contributed by atoms with van der Waals surface area (Å²) in [6.45, 7) is 0. The first kappa shape index (κ1) is 12.2. The molecule has 0 radical (unpaired) electrons. The van der Waals surface area contributed by atoms with Crippen molar-refractivity contribution in [3.63, 3.8) is 0 Å². The van der Waals surface area contributed by atoms with Crippen molar-refractivity contribution in [1.82, 2.24) is 10.3 Å². The highest BCUT2D eigenvalue weighted by atomic mass is 35.5. The summed E-state index contributed by atoms with van der Waals surface area (Å²) in [5, 5.41) is 2.98. The fraction of sp³-hybridized carbons (Fsp3) is 0.500. The predicted octanol–water partition coefficient (Wildman–Crippen LogP) is 1.98. The van der Waals surface area contributed by atoms with E-state index < -0.39 is 0 Å². The Kier molecular flexibility index (Phi) is 3.84. The Morgan fingerprint density at radius 2 is 2.41 bits per heavy atom. The van der Waals surface area contributed by atoms with Gasteiger partial charge in [0.1, 0.15) is 5.75 Å². The van der Waals surface area contributed by atoms with Crippen molar-refractivity contribution in [2.75, 3.05) is 7.11 Å². The zero-order valence-electron chi connectivity index (χ0n) is 9.65. The summed E-state index contributed by atoms with van der Waals surface area (Å²) in [5.74, 6) is 0.330. The van der Waals surface area contributed by atoms with Gasteiger partial charge >= 0.3 is 0 Å². The number of rotatable bonds is 3. The van der Waals surface area contributed by atoms with Gasteiger partial charge in [0.25, 0.3) is 5.91 Å². The van der Waals surface area contributed by atoms with Crippen LogP contribution in [0.4, 0.5) is 0 Å². The molecular formula is C12H15ClN2O2. The molecule has 0 bridgehead atoms. The topological polar surface area (TPSA) is 51.2 Å². The maximum Gasteiger partial charge on any atom is 0.255 e. The molecule has 1 saturated carbocycles. The molecule has 1 aromatic heterocycles. The van der Waals surface area contributed by atoms with E-state index in [1.165, 1.54) is 13.3 Å². The highest BCUT2D eigenvalue weighted by molar-refractivity contribution is 6.21. The number of hydrogen-bond donors (Lipinski definition) is 1. The minimum atomic E-state index is -0.151. The van der Waals surface area contributed by atoms with Gasteiger partial charge in [-0.1, -0.05) is 0 Å². The maximum atomic E-state index is 12.0. The van der Waals surface area contributed by atoms with Crippen LogP contribution in [0.1, 0.15) is 29.6 Å². The molecule has 0 aromatic carbocycles. The first-order chi connectivity index (χ1) is 8.22. The molecule has 2 atom stereocenters. The molecule has 2 rings (SSSR count). The van der Waals surface area contributed by atoms with E-state index in [2.05, 4.69) is 10.3 Å². The normalized spacial score (nSPS) is 23.4. The van der Waals surface area contributed by atoms with Gasteiger partial charge in [-0.2, -0.15) is 0 Å². The molecule has 1 aliphatic rings. The summed E-state index contributed by atoms with van der Waals surface area (Å²) in [7, 11) is 1.52. The average molecular weight is 255 g/mol. The zero-order valence-corrected chi connectivity index (χ0v) is 10.4. The van der Waals surface area contributed by atoms with Gasteiger partial charge in [0.05, 0.1) is 24.2 Å². The number of ether oxygens (including phenoxy) is 1. The van der Waals surface area contributed by atoms with Gasteiger partial charge in [-0.05, 0) is 25.3 Å². The molecular weight excluding hydrogens is 240 g/mol. The fourth-order valence-electron chi connectivity index (χ4n) is 2.05. The Morgan fingerprint density at radius 3 is 3.06 bits per heavy atom. The van der Waals surface area contributed by atoms with Crippen LogP contribution < -0.4 is 10.1 Å². The summed E-state index contributed by atoms with van der Waals surface area (Å²) in [6, 6.07) is 1.70. The lowest BCUT2D eigenvalue weighted by molar-refractivity contribution is 0.0935. The third kappa shape index (κ3) is 2.69. The highest BCUT2D eigenvalue weighted by Gasteiger charge is 2.27. The highest BCUT2D eigenvalue weighted by Crippen LogP contribution is 2.25. The number of methoxy groups -OCH3 is 1. The number of carbonyl (C=O) groups excluding carboxylic acids is 1. The van der Waals surface area contributed by atoms with E-state index in [1.54, 1.807) is 12.3 Å². The molecule has 1 fully saturated rings. The predicted molar refractivity (Wildman–Crippen MR) is 65.5 cm³/mol. The van der Waals surface area contributed by atoms with E-state index in [4.69, 9.17) is 16.3 Å². The number of pyridine rings is 1. The van der Waals surface area contributed by atoms with Crippen LogP contribution in [0.3, 0.4) is 0 Å². The van der Waals surface area contributed by atoms with Crippen LogP contribution in [0.25, 0.3) is 0 Å². The van der Waals surface area contributed by atoms with Gasteiger partial charge in [-0.3, -0.25) is 9.78 Å². The number of aromatic nitrogens is 1. The Labute approximate surface area is 105 Å². The second-order valence-corrected chi connectivity index (χ2v) is 4.66. The molecule has 92 valence electrons. The molecule has 2 unspecified atom stereocenters. The van der Waals surface area contributed by atoms with Crippen LogP contribution in [0.2, 0.25) is 0 Å². The first-order valence-corrected chi connectivity index (χ1v) is 6.09. The molecule has 1 heterocycles. The van der Waals surface area contributed by atoms with Crippen LogP contribution in [-0.4, -0.2) is 29.4 Å². The quantitative estimate of drug-likeness (QED) is 0.840. The average Bonchev–Trinajstić information content (AvgIpc) is 2.75. The molecule has 4 nitrogen and oxygen atoms in total. The Morgan fingerprint density at radius 1 is 1.59 bits per heavy atom. The van der Waals surface area contributed by atoms with Crippen molar-refractivity contribution in [3.8, 4) is 5.75 Å². The third-order valence-corrected chi connectivity index (χ3v) is 3.52. The summed E-state index contributed by atoms with van der Waals surface area (Å²) in [4.78, 5) is 16.0. The molecule has 1 aromatic rings. The molecule has 5 heteroatoms. The van der Waals surface area contributed by atoms with Crippen molar-refractivity contribution < 1.29 is 9.53 Å². The molecule has 1 aliphatic carbocycles. The van der Waals surface area contributed by atoms with E-state index >= 15 is 0 Å². The molecule has 0 spiro atoms. The zero-order chi connectivity index (χ0) is 12.3. The van der Waals surface area contributed by atoms with E-state index in [-0.39, 0.29) is 17.3 Å². The number of hydrogen-bond acceptors (Lipinski definition) is 3. The monoisotopic (exact) mass is 254 g/mol. The summed E-state index contributed by atoms with van der Waals surface area (Å²) in [5.41, 5.74) is 0.498. The second kappa shape index (κ2) is 5.36. The van der Waals surface area contributed by atoms with Crippen LogP contribution in [0, 0.1) is 0 Å². The number of nitrogens with one attached hydrogen (secondary N) is 1. The maximum absolute atomic E-state index is 12.0. The lowest BCUT2D eigenvalue weighted by atomic mass is 10.2. The minimum Gasteiger partial charge on any atom is -0.494 e. The molecule has 0 aliphatic heterocycles. The summed E-state index contributed by atoms with van der Waals surface area (Å²) in [6.07, 6.45) is 6.06. The van der Waals surface area contributed by atoms with Crippen molar-refractivity contribution in [1.29, 1.82) is 0 Å². The molecule has 17 heavy (non-hydrogen) atoms. The largest absolute Gasteiger partial charge is 0.494 e. The minimum absolute atomic E-state index is 0.0341. The standard InChI is InChI=1S/C12H15ClN2O2/c1-17-11-7-14-6-5-8(11)12(16)15-10-4-2-3-9(10)13/h5-7,9-10H,2-4H2,1H3,(H,15,16). The smallest absolute Gasteiger partial charge is 0.255 e. The van der Waals surface area contributed by atoms with Gasteiger partial charge in [0.2, 0.25) is 0 Å². The summed E-state index contributed by atoms with van der Waals surface area (Å²) < 4.78 is 5.10. The Balaban J connectivity index is 2.09. The van der Waals surface area contributed by atoms with Gasteiger partial charge in [0, 0.05) is 12.2 Å². The summed E-state index contributed by atoms with van der Waals surface area (Å²) >= 11 is 6.13. The van der Waals surface area contributed by atoms with Crippen molar-refractivity contribution in [2.24, 2.45) is 0 Å².